The molecule has 1 atom stereocenters. The van der Waals surface area contributed by atoms with Gasteiger partial charge < -0.3 is 5.32 Å². The van der Waals surface area contributed by atoms with Gasteiger partial charge in [-0.3, -0.25) is 9.00 Å². The predicted molar refractivity (Wildman–Crippen MR) is 89.4 cm³/mol. The third-order valence-corrected chi connectivity index (χ3v) is 4.14. The number of halogens is 3. The Morgan fingerprint density at radius 1 is 1.16 bits per heavy atom. The minimum atomic E-state index is -4.42. The Morgan fingerprint density at radius 2 is 1.84 bits per heavy atom. The Kier molecular flexibility index (Phi) is 5.99. The van der Waals surface area contributed by atoms with Crippen LogP contribution in [0.2, 0.25) is 0 Å². The van der Waals surface area contributed by atoms with Crippen molar-refractivity contribution in [1.82, 2.24) is 5.32 Å². The third kappa shape index (κ3) is 5.47. The fourth-order valence-corrected chi connectivity index (χ4v) is 2.46. The van der Waals surface area contributed by atoms with Gasteiger partial charge in [0, 0.05) is 33.1 Å². The lowest BCUT2D eigenvalue weighted by Crippen LogP contribution is -2.23. The number of carbonyl (C=O) groups excluding carboxylic acids is 1. The summed E-state index contributed by atoms with van der Waals surface area (Å²) >= 11 is 0. The zero-order valence-corrected chi connectivity index (χ0v) is 14.0. The number of rotatable bonds is 3. The first-order chi connectivity index (χ1) is 11.8. The van der Waals surface area contributed by atoms with Crippen molar-refractivity contribution in [3.8, 4) is 11.8 Å². The fraction of sp³-hybridized carbons (Fsp3) is 0.167. The average Bonchev–Trinajstić information content (AvgIpc) is 2.58. The van der Waals surface area contributed by atoms with E-state index in [0.29, 0.717) is 10.5 Å². The molecule has 25 heavy (non-hydrogen) atoms. The zero-order valence-electron chi connectivity index (χ0n) is 13.2. The monoisotopic (exact) mass is 365 g/mol. The summed E-state index contributed by atoms with van der Waals surface area (Å²) in [5.74, 6) is 4.83. The third-order valence-electron chi connectivity index (χ3n) is 3.21. The molecule has 2 aromatic rings. The van der Waals surface area contributed by atoms with Crippen molar-refractivity contribution in [2.75, 3.05) is 12.8 Å². The standard InChI is InChI=1S/C18H14F3NO2S/c1-25(24)16-9-7-14(8-10-16)17(23)22-11-3-5-13-4-2-6-15(12-13)18(19,20)21/h2,4,6-10,12H,11H2,1H3,(H,22,23). The molecule has 2 rings (SSSR count). The molecule has 0 aliphatic heterocycles. The summed E-state index contributed by atoms with van der Waals surface area (Å²) in [5.41, 5.74) is -0.161. The molecule has 0 radical (unpaired) electrons. The van der Waals surface area contributed by atoms with Gasteiger partial charge in [0.2, 0.25) is 0 Å². The molecule has 1 N–H and O–H groups in total. The van der Waals surface area contributed by atoms with E-state index in [1.807, 2.05) is 0 Å². The van der Waals surface area contributed by atoms with E-state index in [1.165, 1.54) is 12.1 Å². The van der Waals surface area contributed by atoms with Crippen LogP contribution in [0.1, 0.15) is 21.5 Å². The number of hydrogen-bond acceptors (Lipinski definition) is 2. The lowest BCUT2D eigenvalue weighted by atomic mass is 10.1. The first-order valence-electron chi connectivity index (χ1n) is 7.15. The maximum atomic E-state index is 12.6. The second kappa shape index (κ2) is 7.99. The molecule has 0 spiro atoms. The lowest BCUT2D eigenvalue weighted by Gasteiger charge is -2.05. The topological polar surface area (TPSA) is 46.2 Å². The summed E-state index contributed by atoms with van der Waals surface area (Å²) in [4.78, 5) is 12.5. The van der Waals surface area contributed by atoms with Gasteiger partial charge in [0.25, 0.3) is 5.91 Å². The number of amides is 1. The summed E-state index contributed by atoms with van der Waals surface area (Å²) in [6.45, 7) is -0.00343. The van der Waals surface area contributed by atoms with Crippen LogP contribution < -0.4 is 5.32 Å². The molecule has 0 saturated heterocycles. The van der Waals surface area contributed by atoms with Gasteiger partial charge in [-0.1, -0.05) is 17.9 Å². The largest absolute Gasteiger partial charge is 0.416 e. The highest BCUT2D eigenvalue weighted by molar-refractivity contribution is 7.84. The van der Waals surface area contributed by atoms with Gasteiger partial charge in [-0.25, -0.2) is 0 Å². The van der Waals surface area contributed by atoms with E-state index >= 15 is 0 Å². The molecule has 0 aromatic heterocycles. The Balaban J connectivity index is 1.96. The smallest absolute Gasteiger partial charge is 0.341 e. The van der Waals surface area contributed by atoms with Crippen LogP contribution in [-0.2, 0) is 17.0 Å². The molecule has 0 fully saturated rings. The molecule has 1 amide bonds. The molecule has 1 unspecified atom stereocenters. The number of alkyl halides is 3. The van der Waals surface area contributed by atoms with E-state index in [9.17, 15) is 22.2 Å². The number of carbonyl (C=O) groups is 1. The molecular formula is C18H14F3NO2S. The van der Waals surface area contributed by atoms with E-state index in [2.05, 4.69) is 17.2 Å². The van der Waals surface area contributed by atoms with Crippen molar-refractivity contribution in [2.24, 2.45) is 0 Å². The quantitative estimate of drug-likeness (QED) is 0.849. The molecule has 3 nitrogen and oxygen atoms in total. The maximum Gasteiger partial charge on any atom is 0.416 e. The Bertz CT molecular complexity index is 849. The summed E-state index contributed by atoms with van der Waals surface area (Å²) in [6, 6.07) is 11.0. The number of benzene rings is 2. The van der Waals surface area contributed by atoms with E-state index in [1.54, 1.807) is 30.5 Å². The average molecular weight is 365 g/mol. The summed E-state index contributed by atoms with van der Waals surface area (Å²) in [7, 11) is -1.12. The van der Waals surface area contributed by atoms with Crippen molar-refractivity contribution in [2.45, 2.75) is 11.1 Å². The van der Waals surface area contributed by atoms with Crippen LogP contribution in [0.25, 0.3) is 0 Å². The van der Waals surface area contributed by atoms with E-state index < -0.39 is 22.5 Å². The second-order valence-electron chi connectivity index (χ2n) is 5.04. The predicted octanol–water partition coefficient (Wildman–Crippen LogP) is 3.22. The van der Waals surface area contributed by atoms with E-state index in [0.717, 1.165) is 12.1 Å². The van der Waals surface area contributed by atoms with Crippen LogP contribution in [0, 0.1) is 11.8 Å². The molecule has 0 heterocycles. The van der Waals surface area contributed by atoms with Crippen LogP contribution in [0.5, 0.6) is 0 Å². The maximum absolute atomic E-state index is 12.6. The van der Waals surface area contributed by atoms with Gasteiger partial charge in [-0.2, -0.15) is 13.2 Å². The molecule has 0 bridgehead atoms. The van der Waals surface area contributed by atoms with Crippen LogP contribution >= 0.6 is 0 Å². The fourth-order valence-electron chi connectivity index (χ4n) is 1.94. The minimum Gasteiger partial charge on any atom is -0.341 e. The SMILES string of the molecule is CS(=O)c1ccc(C(=O)NCC#Cc2cccc(C(F)(F)F)c2)cc1. The summed E-state index contributed by atoms with van der Waals surface area (Å²) in [5, 5.41) is 2.55. The summed E-state index contributed by atoms with van der Waals surface area (Å²) in [6.07, 6.45) is -2.88. The van der Waals surface area contributed by atoms with Crippen molar-refractivity contribution < 1.29 is 22.2 Å². The molecule has 130 valence electrons. The van der Waals surface area contributed by atoms with Crippen molar-refractivity contribution in [3.63, 3.8) is 0 Å². The van der Waals surface area contributed by atoms with Crippen molar-refractivity contribution >= 4 is 16.7 Å². The van der Waals surface area contributed by atoms with Crippen LogP contribution in [0.4, 0.5) is 13.2 Å². The molecule has 0 aliphatic carbocycles. The minimum absolute atomic E-state index is 0.00343. The lowest BCUT2D eigenvalue weighted by molar-refractivity contribution is -0.137. The highest BCUT2D eigenvalue weighted by Crippen LogP contribution is 2.29. The Hall–Kier alpha value is -2.59. The first-order valence-corrected chi connectivity index (χ1v) is 8.71. The molecule has 2 aromatic carbocycles. The zero-order chi connectivity index (χ0) is 18.4. The number of nitrogens with one attached hydrogen (secondary N) is 1. The molecule has 0 aliphatic rings. The highest BCUT2D eigenvalue weighted by Gasteiger charge is 2.30. The molecule has 7 heteroatoms. The van der Waals surface area contributed by atoms with Gasteiger partial charge in [0.1, 0.15) is 0 Å². The van der Waals surface area contributed by atoms with Gasteiger partial charge in [-0.15, -0.1) is 0 Å². The molecular weight excluding hydrogens is 351 g/mol. The van der Waals surface area contributed by atoms with Gasteiger partial charge in [0.05, 0.1) is 12.1 Å². The Labute approximate surface area is 145 Å². The van der Waals surface area contributed by atoms with Crippen LogP contribution in [0.15, 0.2) is 53.4 Å². The van der Waals surface area contributed by atoms with Gasteiger partial charge >= 0.3 is 6.18 Å². The van der Waals surface area contributed by atoms with Gasteiger partial charge in [0.15, 0.2) is 0 Å². The van der Waals surface area contributed by atoms with Crippen molar-refractivity contribution in [3.05, 3.63) is 65.2 Å². The second-order valence-corrected chi connectivity index (χ2v) is 6.42. The van der Waals surface area contributed by atoms with E-state index in [4.69, 9.17) is 0 Å². The molecule has 0 saturated carbocycles. The van der Waals surface area contributed by atoms with Gasteiger partial charge in [-0.05, 0) is 42.5 Å². The van der Waals surface area contributed by atoms with E-state index in [-0.39, 0.29) is 18.0 Å². The normalized spacial score (nSPS) is 12.0. The highest BCUT2D eigenvalue weighted by atomic mass is 32.2. The van der Waals surface area contributed by atoms with Crippen LogP contribution in [0.3, 0.4) is 0 Å². The van der Waals surface area contributed by atoms with Crippen molar-refractivity contribution in [1.29, 1.82) is 0 Å². The Morgan fingerprint density at radius 3 is 2.44 bits per heavy atom. The first kappa shape index (κ1) is 18.7. The summed E-state index contributed by atoms with van der Waals surface area (Å²) < 4.78 is 49.1. The van der Waals surface area contributed by atoms with Crippen LogP contribution in [-0.4, -0.2) is 22.9 Å². The number of hydrogen-bond donors (Lipinski definition) is 1.